The molecule has 31 heavy (non-hydrogen) atoms. The first kappa shape index (κ1) is 21.7. The zero-order valence-electron chi connectivity index (χ0n) is 18.8. The summed E-state index contributed by atoms with van der Waals surface area (Å²) in [6.07, 6.45) is 4.99. The Bertz CT molecular complexity index is 978. The van der Waals surface area contributed by atoms with Gasteiger partial charge in [-0.05, 0) is 44.4 Å². The van der Waals surface area contributed by atoms with E-state index in [1.165, 1.54) is 6.33 Å². The Labute approximate surface area is 184 Å². The molecule has 0 amide bonds. The van der Waals surface area contributed by atoms with E-state index in [1.54, 1.807) is 6.20 Å². The normalized spacial score (nSPS) is 24.1. The highest BCUT2D eigenvalue weighted by molar-refractivity contribution is 5.94. The van der Waals surface area contributed by atoms with E-state index in [9.17, 15) is 10.1 Å². The molecule has 164 valence electrons. The molecule has 2 fully saturated rings. The Kier molecular flexibility index (Phi) is 6.49. The highest BCUT2D eigenvalue weighted by Gasteiger charge is 2.31. The van der Waals surface area contributed by atoms with Crippen molar-refractivity contribution in [2.45, 2.75) is 32.7 Å². The van der Waals surface area contributed by atoms with Crippen LogP contribution in [0, 0.1) is 23.2 Å². The van der Waals surface area contributed by atoms with E-state index in [4.69, 9.17) is 0 Å². The molecule has 2 aliphatic heterocycles. The molecule has 0 radical (unpaired) electrons. The number of anilines is 1. The fraction of sp³-hybridized carbons (Fsp3) is 0.583. The summed E-state index contributed by atoms with van der Waals surface area (Å²) in [6.45, 7) is 10.1. The fourth-order valence-corrected chi connectivity index (χ4v) is 5.12. The van der Waals surface area contributed by atoms with Crippen LogP contribution in [0.1, 0.15) is 32.3 Å². The van der Waals surface area contributed by atoms with Crippen molar-refractivity contribution in [1.82, 2.24) is 19.8 Å². The summed E-state index contributed by atoms with van der Waals surface area (Å²) in [5.74, 6) is 1.19. The number of Topliss-reactive ketones (excluding diaryl/α,β-unsaturated/α-hetero) is 1. The minimum Gasteiger partial charge on any atom is -0.370 e. The van der Waals surface area contributed by atoms with Crippen LogP contribution in [0.5, 0.6) is 0 Å². The van der Waals surface area contributed by atoms with Gasteiger partial charge in [0.2, 0.25) is 0 Å². The van der Waals surface area contributed by atoms with Crippen molar-refractivity contribution in [3.8, 4) is 6.07 Å². The van der Waals surface area contributed by atoms with Gasteiger partial charge in [0.25, 0.3) is 0 Å². The molecule has 1 aromatic heterocycles. The second-order valence-corrected chi connectivity index (χ2v) is 9.33. The standard InChI is InChI=1S/C24H32N6O/c1-17-10-19(11-23(31)18(2)29-8-6-28(3)7-9-29)15-30(14-17)22-5-4-20(12-25)24-21(22)13-26-16-27-24/h4-5,13,16-19H,6-11,14-15H2,1-3H3/t17-,18-,19-/m0/s1. The molecule has 3 heterocycles. The number of likely N-dealkylation sites (N-methyl/N-ethyl adjacent to an activating group) is 1. The van der Waals surface area contributed by atoms with Gasteiger partial charge in [-0.2, -0.15) is 5.26 Å². The number of carbonyl (C=O) groups is 1. The summed E-state index contributed by atoms with van der Waals surface area (Å²) >= 11 is 0. The molecule has 0 bridgehead atoms. The van der Waals surface area contributed by atoms with Gasteiger partial charge in [-0.3, -0.25) is 9.69 Å². The zero-order chi connectivity index (χ0) is 22.0. The average Bonchev–Trinajstić information content (AvgIpc) is 2.78. The lowest BCUT2D eigenvalue weighted by atomic mass is 9.85. The first-order valence-electron chi connectivity index (χ1n) is 11.3. The van der Waals surface area contributed by atoms with Crippen molar-refractivity contribution in [3.05, 3.63) is 30.2 Å². The van der Waals surface area contributed by atoms with E-state index in [1.807, 2.05) is 12.1 Å². The first-order valence-corrected chi connectivity index (χ1v) is 11.3. The number of nitriles is 1. The van der Waals surface area contributed by atoms with Gasteiger partial charge < -0.3 is 9.80 Å². The molecular weight excluding hydrogens is 388 g/mol. The van der Waals surface area contributed by atoms with E-state index >= 15 is 0 Å². The van der Waals surface area contributed by atoms with E-state index in [0.29, 0.717) is 35.1 Å². The van der Waals surface area contributed by atoms with Gasteiger partial charge >= 0.3 is 0 Å². The Hall–Kier alpha value is -2.56. The van der Waals surface area contributed by atoms with Crippen LogP contribution in [-0.2, 0) is 4.79 Å². The fourth-order valence-electron chi connectivity index (χ4n) is 5.12. The Morgan fingerprint density at radius 2 is 2.03 bits per heavy atom. The van der Waals surface area contributed by atoms with Gasteiger partial charge in [0.05, 0.1) is 17.1 Å². The van der Waals surface area contributed by atoms with Gasteiger partial charge in [-0.25, -0.2) is 9.97 Å². The zero-order valence-corrected chi connectivity index (χ0v) is 18.8. The number of hydrogen-bond donors (Lipinski definition) is 0. The van der Waals surface area contributed by atoms with E-state index < -0.39 is 0 Å². The van der Waals surface area contributed by atoms with E-state index in [2.05, 4.69) is 51.6 Å². The summed E-state index contributed by atoms with van der Waals surface area (Å²) in [7, 11) is 2.14. The van der Waals surface area contributed by atoms with E-state index in [0.717, 1.165) is 56.8 Å². The molecule has 0 aliphatic carbocycles. The highest BCUT2D eigenvalue weighted by atomic mass is 16.1. The molecule has 4 rings (SSSR count). The minimum absolute atomic E-state index is 0.0106. The maximum atomic E-state index is 13.1. The number of aromatic nitrogens is 2. The quantitative estimate of drug-likeness (QED) is 0.736. The van der Waals surface area contributed by atoms with Crippen molar-refractivity contribution in [1.29, 1.82) is 5.26 Å². The number of fused-ring (bicyclic) bond motifs is 1. The monoisotopic (exact) mass is 420 g/mol. The Balaban J connectivity index is 1.48. The third-order valence-electron chi connectivity index (χ3n) is 6.90. The number of nitrogens with zero attached hydrogens (tertiary/aromatic N) is 6. The lowest BCUT2D eigenvalue weighted by Gasteiger charge is -2.39. The first-order chi connectivity index (χ1) is 15.0. The topological polar surface area (TPSA) is 76.4 Å². The molecular formula is C24H32N6O. The molecule has 0 saturated carbocycles. The SMILES string of the molecule is C[C@H]1C[C@@H](CC(=O)[C@H](C)N2CCN(C)CC2)CN(c2ccc(C#N)c3ncncc23)C1. The van der Waals surface area contributed by atoms with Crippen molar-refractivity contribution >= 4 is 22.4 Å². The molecule has 7 nitrogen and oxygen atoms in total. The predicted octanol–water partition coefficient (Wildman–Crippen LogP) is 2.56. The number of piperazine rings is 1. The summed E-state index contributed by atoms with van der Waals surface area (Å²) in [6, 6.07) is 6.07. The van der Waals surface area contributed by atoms with Gasteiger partial charge in [0.15, 0.2) is 0 Å². The second-order valence-electron chi connectivity index (χ2n) is 9.33. The summed E-state index contributed by atoms with van der Waals surface area (Å²) in [5.41, 5.74) is 2.33. The summed E-state index contributed by atoms with van der Waals surface area (Å²) in [4.78, 5) is 28.7. The van der Waals surface area contributed by atoms with Crippen molar-refractivity contribution in [2.75, 3.05) is 51.2 Å². The van der Waals surface area contributed by atoms with Crippen LogP contribution >= 0.6 is 0 Å². The van der Waals surface area contributed by atoms with Crippen LogP contribution in [-0.4, -0.2) is 77.9 Å². The van der Waals surface area contributed by atoms with Crippen molar-refractivity contribution in [2.24, 2.45) is 11.8 Å². The minimum atomic E-state index is -0.0106. The molecule has 0 spiro atoms. The Morgan fingerprint density at radius 3 is 2.77 bits per heavy atom. The predicted molar refractivity (Wildman–Crippen MR) is 122 cm³/mol. The average molecular weight is 421 g/mol. The number of hydrogen-bond acceptors (Lipinski definition) is 7. The van der Waals surface area contributed by atoms with Crippen LogP contribution in [0.15, 0.2) is 24.7 Å². The van der Waals surface area contributed by atoms with Crippen LogP contribution in [0.2, 0.25) is 0 Å². The molecule has 0 unspecified atom stereocenters. The van der Waals surface area contributed by atoms with Gasteiger partial charge in [0, 0.05) is 63.0 Å². The smallest absolute Gasteiger partial charge is 0.150 e. The summed E-state index contributed by atoms with van der Waals surface area (Å²) < 4.78 is 0. The molecule has 7 heteroatoms. The van der Waals surface area contributed by atoms with Crippen LogP contribution in [0.3, 0.4) is 0 Å². The number of rotatable bonds is 5. The van der Waals surface area contributed by atoms with E-state index in [-0.39, 0.29) is 6.04 Å². The Morgan fingerprint density at radius 1 is 1.26 bits per heavy atom. The van der Waals surface area contributed by atoms with Gasteiger partial charge in [-0.15, -0.1) is 0 Å². The summed E-state index contributed by atoms with van der Waals surface area (Å²) in [5, 5.41) is 10.3. The molecule has 0 N–H and O–H groups in total. The maximum absolute atomic E-state index is 13.1. The number of ketones is 1. The second kappa shape index (κ2) is 9.29. The number of benzene rings is 1. The highest BCUT2D eigenvalue weighted by Crippen LogP contribution is 2.33. The van der Waals surface area contributed by atoms with Crippen molar-refractivity contribution < 1.29 is 4.79 Å². The lowest BCUT2D eigenvalue weighted by Crippen LogP contribution is -2.51. The number of piperidine rings is 1. The molecule has 1 aromatic carbocycles. The lowest BCUT2D eigenvalue weighted by molar-refractivity contribution is -0.125. The molecule has 2 aromatic rings. The largest absolute Gasteiger partial charge is 0.370 e. The van der Waals surface area contributed by atoms with Gasteiger partial charge in [0.1, 0.15) is 18.2 Å². The van der Waals surface area contributed by atoms with Crippen LogP contribution < -0.4 is 4.90 Å². The van der Waals surface area contributed by atoms with Crippen molar-refractivity contribution in [3.63, 3.8) is 0 Å². The third-order valence-corrected chi connectivity index (χ3v) is 6.90. The van der Waals surface area contributed by atoms with Gasteiger partial charge in [-0.1, -0.05) is 6.92 Å². The molecule has 2 aliphatic rings. The number of carbonyl (C=O) groups excluding carboxylic acids is 1. The third kappa shape index (κ3) is 4.70. The molecule has 2 saturated heterocycles. The van der Waals surface area contributed by atoms with Crippen LogP contribution in [0.25, 0.3) is 10.9 Å². The molecule has 3 atom stereocenters. The maximum Gasteiger partial charge on any atom is 0.150 e. The van der Waals surface area contributed by atoms with Crippen LogP contribution in [0.4, 0.5) is 5.69 Å².